The maximum Gasteiger partial charge on any atom is 0.223 e. The summed E-state index contributed by atoms with van der Waals surface area (Å²) in [4.78, 5) is 15.1. The lowest BCUT2D eigenvalue weighted by atomic mass is 9.92. The fraction of sp³-hybridized carbons (Fsp3) is 0.650. The second kappa shape index (κ2) is 10.0. The summed E-state index contributed by atoms with van der Waals surface area (Å²) >= 11 is 0. The van der Waals surface area contributed by atoms with Crippen molar-refractivity contribution < 1.29 is 4.79 Å². The molecule has 0 spiro atoms. The average Bonchev–Trinajstić information content (AvgIpc) is 2.87. The minimum absolute atomic E-state index is 0. The minimum atomic E-state index is 0. The molecule has 2 fully saturated rings. The summed E-state index contributed by atoms with van der Waals surface area (Å²) in [5.74, 6) is 1.11. The first-order valence-electron chi connectivity index (χ1n) is 9.40. The van der Waals surface area contributed by atoms with Crippen molar-refractivity contribution in [3.05, 3.63) is 35.9 Å². The Morgan fingerprint density at radius 1 is 1.04 bits per heavy atom. The Bertz CT molecular complexity index is 488. The second-order valence-corrected chi connectivity index (χ2v) is 7.10. The molecule has 0 saturated carbocycles. The third kappa shape index (κ3) is 5.22. The quantitative estimate of drug-likeness (QED) is 0.876. The summed E-state index contributed by atoms with van der Waals surface area (Å²) in [6, 6.07) is 10.9. The van der Waals surface area contributed by atoms with E-state index in [2.05, 4.69) is 40.5 Å². The molecule has 24 heavy (non-hydrogen) atoms. The van der Waals surface area contributed by atoms with Gasteiger partial charge < -0.3 is 10.2 Å². The molecule has 2 aliphatic rings. The van der Waals surface area contributed by atoms with Gasteiger partial charge in [0.05, 0.1) is 6.04 Å². The molecule has 134 valence electrons. The zero-order valence-electron chi connectivity index (χ0n) is 14.6. The molecule has 0 aliphatic carbocycles. The van der Waals surface area contributed by atoms with Crippen LogP contribution in [0, 0.1) is 5.92 Å². The lowest BCUT2D eigenvalue weighted by Gasteiger charge is -2.31. The molecule has 4 heteroatoms. The van der Waals surface area contributed by atoms with Crippen LogP contribution in [0.1, 0.15) is 63.0 Å². The van der Waals surface area contributed by atoms with E-state index in [4.69, 9.17) is 0 Å². The maximum atomic E-state index is 12.9. The van der Waals surface area contributed by atoms with Gasteiger partial charge in [0.1, 0.15) is 0 Å². The smallest absolute Gasteiger partial charge is 0.223 e. The number of nitrogens with one attached hydrogen (secondary N) is 1. The first-order valence-corrected chi connectivity index (χ1v) is 9.40. The van der Waals surface area contributed by atoms with Gasteiger partial charge in [-0.1, -0.05) is 43.2 Å². The molecular formula is C20H31ClN2O. The molecule has 0 radical (unpaired) electrons. The number of benzene rings is 1. The number of carbonyl (C=O) groups excluding carboxylic acids is 1. The Morgan fingerprint density at radius 3 is 2.54 bits per heavy atom. The van der Waals surface area contributed by atoms with Gasteiger partial charge in [-0.3, -0.25) is 4.79 Å². The van der Waals surface area contributed by atoms with Gasteiger partial charge in [0, 0.05) is 13.0 Å². The van der Waals surface area contributed by atoms with Crippen LogP contribution in [0.5, 0.6) is 0 Å². The number of carbonyl (C=O) groups is 1. The fourth-order valence-electron chi connectivity index (χ4n) is 4.07. The van der Waals surface area contributed by atoms with Crippen LogP contribution in [0.4, 0.5) is 0 Å². The summed E-state index contributed by atoms with van der Waals surface area (Å²) in [5, 5.41) is 3.41. The molecule has 1 unspecified atom stereocenters. The molecular weight excluding hydrogens is 320 g/mol. The highest BCUT2D eigenvalue weighted by Crippen LogP contribution is 2.31. The zero-order chi connectivity index (χ0) is 15.9. The third-order valence-corrected chi connectivity index (χ3v) is 5.48. The van der Waals surface area contributed by atoms with E-state index in [9.17, 15) is 4.79 Å². The zero-order valence-corrected chi connectivity index (χ0v) is 15.4. The maximum absolute atomic E-state index is 12.9. The first-order chi connectivity index (χ1) is 11.3. The van der Waals surface area contributed by atoms with Crippen molar-refractivity contribution in [2.75, 3.05) is 19.6 Å². The minimum Gasteiger partial charge on any atom is -0.336 e. The molecule has 3 rings (SSSR count). The van der Waals surface area contributed by atoms with Crippen molar-refractivity contribution in [2.24, 2.45) is 5.92 Å². The van der Waals surface area contributed by atoms with Crippen molar-refractivity contribution in [1.29, 1.82) is 0 Å². The number of nitrogens with zero attached hydrogens (tertiary/aromatic N) is 1. The van der Waals surface area contributed by atoms with E-state index >= 15 is 0 Å². The summed E-state index contributed by atoms with van der Waals surface area (Å²) in [5.41, 5.74) is 1.31. The van der Waals surface area contributed by atoms with Crippen LogP contribution in [0.15, 0.2) is 30.3 Å². The van der Waals surface area contributed by atoms with E-state index < -0.39 is 0 Å². The van der Waals surface area contributed by atoms with E-state index in [0.29, 0.717) is 11.9 Å². The number of hydrogen-bond donors (Lipinski definition) is 1. The number of amides is 1. The summed E-state index contributed by atoms with van der Waals surface area (Å²) < 4.78 is 0. The average molecular weight is 351 g/mol. The summed E-state index contributed by atoms with van der Waals surface area (Å²) in [7, 11) is 0. The Labute approximate surface area is 152 Å². The van der Waals surface area contributed by atoms with E-state index in [-0.39, 0.29) is 12.4 Å². The molecule has 1 amide bonds. The number of likely N-dealkylation sites (tertiary alicyclic amines) is 1. The predicted molar refractivity (Wildman–Crippen MR) is 101 cm³/mol. The lowest BCUT2D eigenvalue weighted by Crippen LogP contribution is -2.35. The van der Waals surface area contributed by atoms with Gasteiger partial charge >= 0.3 is 0 Å². The van der Waals surface area contributed by atoms with E-state index in [0.717, 1.165) is 51.2 Å². The summed E-state index contributed by atoms with van der Waals surface area (Å²) in [6.07, 6.45) is 9.02. The van der Waals surface area contributed by atoms with Gasteiger partial charge in [-0.05, 0) is 56.7 Å². The van der Waals surface area contributed by atoms with Crippen LogP contribution >= 0.6 is 12.4 Å². The summed E-state index contributed by atoms with van der Waals surface area (Å²) in [6.45, 7) is 3.18. The van der Waals surface area contributed by atoms with Crippen LogP contribution in [-0.2, 0) is 4.79 Å². The normalized spacial score (nSPS) is 22.5. The van der Waals surface area contributed by atoms with Gasteiger partial charge in [0.15, 0.2) is 0 Å². The fourth-order valence-corrected chi connectivity index (χ4v) is 4.07. The topological polar surface area (TPSA) is 32.3 Å². The highest BCUT2D eigenvalue weighted by molar-refractivity contribution is 5.85. The SMILES string of the molecule is Cl.O=C(CCC1CCNCC1)N1CCCCCC1c1ccccc1. The molecule has 2 heterocycles. The van der Waals surface area contributed by atoms with Crippen LogP contribution in [-0.4, -0.2) is 30.4 Å². The molecule has 1 N–H and O–H groups in total. The lowest BCUT2D eigenvalue weighted by molar-refractivity contribution is -0.134. The van der Waals surface area contributed by atoms with E-state index in [1.165, 1.54) is 31.2 Å². The number of hydrogen-bond acceptors (Lipinski definition) is 2. The van der Waals surface area contributed by atoms with Crippen LogP contribution in [0.3, 0.4) is 0 Å². The van der Waals surface area contributed by atoms with Gasteiger partial charge in [0.25, 0.3) is 0 Å². The van der Waals surface area contributed by atoms with Crippen LogP contribution < -0.4 is 5.32 Å². The largest absolute Gasteiger partial charge is 0.336 e. The first kappa shape index (κ1) is 19.3. The number of rotatable bonds is 4. The van der Waals surface area contributed by atoms with Gasteiger partial charge in [-0.2, -0.15) is 0 Å². The monoisotopic (exact) mass is 350 g/mol. The molecule has 3 nitrogen and oxygen atoms in total. The van der Waals surface area contributed by atoms with Crippen LogP contribution in [0.25, 0.3) is 0 Å². The Balaban J connectivity index is 0.00000208. The van der Waals surface area contributed by atoms with Gasteiger partial charge in [-0.25, -0.2) is 0 Å². The Morgan fingerprint density at radius 2 is 1.79 bits per heavy atom. The Kier molecular flexibility index (Phi) is 8.07. The van der Waals surface area contributed by atoms with Crippen molar-refractivity contribution in [2.45, 2.75) is 57.4 Å². The molecule has 1 aromatic carbocycles. The number of piperidine rings is 1. The van der Waals surface area contributed by atoms with E-state index in [1.54, 1.807) is 0 Å². The molecule has 2 saturated heterocycles. The van der Waals surface area contributed by atoms with Gasteiger partial charge in [-0.15, -0.1) is 12.4 Å². The van der Waals surface area contributed by atoms with Crippen molar-refractivity contribution >= 4 is 18.3 Å². The predicted octanol–water partition coefficient (Wildman–Crippen LogP) is 4.33. The van der Waals surface area contributed by atoms with Crippen molar-refractivity contribution in [3.8, 4) is 0 Å². The Hall–Kier alpha value is -1.06. The highest BCUT2D eigenvalue weighted by Gasteiger charge is 2.27. The highest BCUT2D eigenvalue weighted by atomic mass is 35.5. The van der Waals surface area contributed by atoms with Gasteiger partial charge in [0.2, 0.25) is 5.91 Å². The molecule has 0 bridgehead atoms. The standard InChI is InChI=1S/C20H30N2O.ClH/c23-20(11-10-17-12-14-21-15-13-17)22-16-6-2-5-9-19(22)18-7-3-1-4-8-18;/h1,3-4,7-8,17,19,21H,2,5-6,9-16H2;1H. The second-order valence-electron chi connectivity index (χ2n) is 7.10. The van der Waals surface area contributed by atoms with Crippen LogP contribution in [0.2, 0.25) is 0 Å². The molecule has 0 aromatic heterocycles. The number of halogens is 1. The molecule has 1 aromatic rings. The van der Waals surface area contributed by atoms with Crippen molar-refractivity contribution in [1.82, 2.24) is 10.2 Å². The van der Waals surface area contributed by atoms with E-state index in [1.807, 2.05) is 0 Å². The third-order valence-electron chi connectivity index (χ3n) is 5.48. The molecule has 1 atom stereocenters. The molecule has 2 aliphatic heterocycles. The van der Waals surface area contributed by atoms with Crippen molar-refractivity contribution in [3.63, 3.8) is 0 Å².